The second-order valence-electron chi connectivity index (χ2n) is 8.49. The number of fused-ring (bicyclic) bond motifs is 1. The first kappa shape index (κ1) is 19.8. The van der Waals surface area contributed by atoms with E-state index in [1.807, 2.05) is 67.6 Å². The predicted molar refractivity (Wildman–Crippen MR) is 123 cm³/mol. The molecule has 4 nitrogen and oxygen atoms in total. The summed E-state index contributed by atoms with van der Waals surface area (Å²) < 4.78 is 1.34. The molecule has 0 amide bonds. The highest BCUT2D eigenvalue weighted by Crippen LogP contribution is 2.32. The lowest BCUT2D eigenvalue weighted by atomic mass is 9.86. The van der Waals surface area contributed by atoms with Crippen molar-refractivity contribution in [2.75, 3.05) is 0 Å². The molecule has 0 saturated carbocycles. The van der Waals surface area contributed by atoms with Gasteiger partial charge >= 0.3 is 5.69 Å². The molecule has 4 rings (SSSR count). The van der Waals surface area contributed by atoms with E-state index >= 15 is 0 Å². The average Bonchev–Trinajstić information content (AvgIpc) is 3.02. The van der Waals surface area contributed by atoms with Gasteiger partial charge < -0.3 is 10.1 Å². The quantitative estimate of drug-likeness (QED) is 0.460. The van der Waals surface area contributed by atoms with Crippen LogP contribution in [0.4, 0.5) is 0 Å². The van der Waals surface area contributed by atoms with Gasteiger partial charge in [0.2, 0.25) is 5.88 Å². The highest BCUT2D eigenvalue weighted by Gasteiger charge is 2.20. The Bertz CT molecular complexity index is 1290. The Hall–Kier alpha value is -3.53. The van der Waals surface area contributed by atoms with Gasteiger partial charge in [0.25, 0.3) is 0 Å². The number of aromatic hydroxyl groups is 1. The monoisotopic (exact) mass is 398 g/mol. The van der Waals surface area contributed by atoms with Crippen molar-refractivity contribution >= 4 is 16.3 Å². The molecular formula is C26H26N2O2. The van der Waals surface area contributed by atoms with E-state index < -0.39 is 0 Å². The molecule has 30 heavy (non-hydrogen) atoms. The Balaban J connectivity index is 1.84. The third-order valence-electron chi connectivity index (χ3n) is 5.50. The van der Waals surface area contributed by atoms with Crippen molar-refractivity contribution in [3.63, 3.8) is 0 Å². The number of aromatic nitrogens is 2. The van der Waals surface area contributed by atoms with Crippen LogP contribution in [0.1, 0.15) is 44.5 Å². The summed E-state index contributed by atoms with van der Waals surface area (Å²) in [4.78, 5) is 15.7. The zero-order valence-electron chi connectivity index (χ0n) is 17.7. The van der Waals surface area contributed by atoms with Crippen molar-refractivity contribution in [1.29, 1.82) is 0 Å². The summed E-state index contributed by atoms with van der Waals surface area (Å²) in [6, 6.07) is 21.8. The highest BCUT2D eigenvalue weighted by molar-refractivity contribution is 5.91. The normalized spacial score (nSPS) is 12.5. The van der Waals surface area contributed by atoms with E-state index in [2.05, 4.69) is 37.9 Å². The van der Waals surface area contributed by atoms with E-state index in [-0.39, 0.29) is 17.0 Å². The molecule has 1 aromatic heterocycles. The van der Waals surface area contributed by atoms with Crippen LogP contribution in [-0.4, -0.2) is 14.7 Å². The summed E-state index contributed by atoms with van der Waals surface area (Å²) in [6.45, 7) is 8.42. The maximum Gasteiger partial charge on any atom is 0.333 e. The van der Waals surface area contributed by atoms with E-state index in [1.165, 1.54) is 10.1 Å². The Labute approximate surface area is 176 Å². The second-order valence-corrected chi connectivity index (χ2v) is 8.49. The fourth-order valence-electron chi connectivity index (χ4n) is 3.85. The fourth-order valence-corrected chi connectivity index (χ4v) is 3.85. The van der Waals surface area contributed by atoms with Crippen molar-refractivity contribution in [3.05, 3.63) is 100 Å². The second kappa shape index (κ2) is 7.38. The molecule has 0 spiro atoms. The number of hydrogen-bond acceptors (Lipinski definition) is 2. The molecule has 1 heterocycles. The molecule has 4 aromatic rings. The van der Waals surface area contributed by atoms with Crippen LogP contribution in [0.15, 0.2) is 77.6 Å². The summed E-state index contributed by atoms with van der Waals surface area (Å²) >= 11 is 0. The van der Waals surface area contributed by atoms with Crippen molar-refractivity contribution in [2.45, 2.75) is 33.1 Å². The van der Waals surface area contributed by atoms with Crippen molar-refractivity contribution in [3.8, 4) is 11.6 Å². The lowest BCUT2D eigenvalue weighted by molar-refractivity contribution is 0.440. The predicted octanol–water partition coefficient (Wildman–Crippen LogP) is 5.77. The first-order chi connectivity index (χ1) is 14.3. The maximum atomic E-state index is 12.9. The van der Waals surface area contributed by atoms with Crippen LogP contribution in [0.3, 0.4) is 0 Å². The molecule has 0 aliphatic rings. The van der Waals surface area contributed by atoms with E-state index in [9.17, 15) is 9.90 Å². The van der Waals surface area contributed by atoms with E-state index in [1.54, 1.807) is 0 Å². The van der Waals surface area contributed by atoms with Crippen LogP contribution in [0, 0.1) is 0 Å². The number of hydrogen-bond donors (Lipinski definition) is 2. The Morgan fingerprint density at radius 1 is 0.967 bits per heavy atom. The smallest absolute Gasteiger partial charge is 0.333 e. The minimum Gasteiger partial charge on any atom is -0.493 e. The number of imidazole rings is 1. The van der Waals surface area contributed by atoms with Crippen molar-refractivity contribution in [2.24, 2.45) is 0 Å². The minimum atomic E-state index is -0.371. The Morgan fingerprint density at radius 3 is 2.30 bits per heavy atom. The molecule has 0 fully saturated rings. The molecule has 4 heteroatoms. The van der Waals surface area contributed by atoms with E-state index in [4.69, 9.17) is 0 Å². The molecule has 3 aromatic carbocycles. The number of nitrogens with zero attached hydrogens (tertiary/aromatic N) is 1. The van der Waals surface area contributed by atoms with Crippen LogP contribution in [0.5, 0.6) is 5.88 Å². The van der Waals surface area contributed by atoms with Gasteiger partial charge in [0.15, 0.2) is 0 Å². The topological polar surface area (TPSA) is 58.0 Å². The number of H-pyrrole nitrogens is 1. The minimum absolute atomic E-state index is 0.0583. The molecule has 2 N–H and O–H groups in total. The van der Waals surface area contributed by atoms with Crippen LogP contribution < -0.4 is 5.69 Å². The molecular weight excluding hydrogens is 372 g/mol. The SMILES string of the molecule is C/C=C(/c1ccc(C(C)(C)C)cc1)c1[nH]c(=O)n(-c2cccc3ccccc23)c1O. The molecule has 152 valence electrons. The maximum absolute atomic E-state index is 12.9. The number of benzene rings is 3. The van der Waals surface area contributed by atoms with Crippen LogP contribution in [-0.2, 0) is 5.41 Å². The van der Waals surface area contributed by atoms with E-state index in [0.29, 0.717) is 11.4 Å². The zero-order valence-corrected chi connectivity index (χ0v) is 17.7. The first-order valence-electron chi connectivity index (χ1n) is 10.1. The number of allylic oxidation sites excluding steroid dienone is 1. The number of aromatic amines is 1. The molecule has 0 radical (unpaired) electrons. The standard InChI is InChI=1S/C26H26N2O2/c1-5-20(18-13-15-19(16-14-18)26(2,3)4)23-24(29)28(25(30)27-23)22-12-8-10-17-9-6-7-11-21(17)22/h5-16,29H,1-4H3,(H,27,30)/b20-5-. The van der Waals surface area contributed by atoms with Gasteiger partial charge in [-0.2, -0.15) is 0 Å². The largest absolute Gasteiger partial charge is 0.493 e. The van der Waals surface area contributed by atoms with Gasteiger partial charge in [0.05, 0.1) is 5.69 Å². The lowest BCUT2D eigenvalue weighted by Gasteiger charge is -2.19. The van der Waals surface area contributed by atoms with Gasteiger partial charge in [-0.25, -0.2) is 9.36 Å². The lowest BCUT2D eigenvalue weighted by Crippen LogP contribution is -2.14. The van der Waals surface area contributed by atoms with Crippen molar-refractivity contribution < 1.29 is 5.11 Å². The van der Waals surface area contributed by atoms with Gasteiger partial charge in [-0.05, 0) is 34.9 Å². The summed E-state index contributed by atoms with van der Waals surface area (Å²) in [7, 11) is 0. The molecule has 0 aliphatic heterocycles. The van der Waals surface area contributed by atoms with Crippen LogP contribution in [0.2, 0.25) is 0 Å². The van der Waals surface area contributed by atoms with E-state index in [0.717, 1.165) is 21.9 Å². The average molecular weight is 399 g/mol. The zero-order chi connectivity index (χ0) is 21.5. The third-order valence-corrected chi connectivity index (χ3v) is 5.50. The number of nitrogens with one attached hydrogen (secondary N) is 1. The Morgan fingerprint density at radius 2 is 1.63 bits per heavy atom. The van der Waals surface area contributed by atoms with Gasteiger partial charge in [0.1, 0.15) is 5.69 Å². The third kappa shape index (κ3) is 3.35. The molecule has 0 saturated heterocycles. The van der Waals surface area contributed by atoms with Crippen LogP contribution in [0.25, 0.3) is 22.0 Å². The van der Waals surface area contributed by atoms with Gasteiger partial charge in [-0.15, -0.1) is 0 Å². The summed E-state index contributed by atoms with van der Waals surface area (Å²) in [5.74, 6) is -0.0932. The molecule has 0 unspecified atom stereocenters. The Kier molecular flexibility index (Phi) is 4.86. The molecule has 0 aliphatic carbocycles. The van der Waals surface area contributed by atoms with Gasteiger partial charge in [-0.1, -0.05) is 87.5 Å². The van der Waals surface area contributed by atoms with Gasteiger partial charge in [0, 0.05) is 11.0 Å². The van der Waals surface area contributed by atoms with Crippen molar-refractivity contribution in [1.82, 2.24) is 9.55 Å². The summed E-state index contributed by atoms with van der Waals surface area (Å²) in [6.07, 6.45) is 1.91. The van der Waals surface area contributed by atoms with Crippen LogP contribution >= 0.6 is 0 Å². The fraction of sp³-hybridized carbons (Fsp3) is 0.192. The first-order valence-corrected chi connectivity index (χ1v) is 10.1. The summed E-state index contributed by atoms with van der Waals surface area (Å²) in [5.41, 5.74) is 3.70. The summed E-state index contributed by atoms with van der Waals surface area (Å²) in [5, 5.41) is 13.0. The highest BCUT2D eigenvalue weighted by atomic mass is 16.3. The molecule has 0 bridgehead atoms. The molecule has 0 atom stereocenters. The number of rotatable bonds is 3. The van der Waals surface area contributed by atoms with Gasteiger partial charge in [-0.3, -0.25) is 0 Å².